The van der Waals surface area contributed by atoms with Gasteiger partial charge in [0.15, 0.2) is 6.29 Å². The lowest BCUT2D eigenvalue weighted by Gasteiger charge is -2.26. The first-order valence-electron chi connectivity index (χ1n) is 5.96. The van der Waals surface area contributed by atoms with Crippen LogP contribution in [0, 0.1) is 6.92 Å². The Bertz CT molecular complexity index is 381. The number of hydrogen-bond donors (Lipinski definition) is 1. The van der Waals surface area contributed by atoms with E-state index in [0.717, 1.165) is 11.8 Å². The van der Waals surface area contributed by atoms with Gasteiger partial charge in [0.05, 0.1) is 11.2 Å². The summed E-state index contributed by atoms with van der Waals surface area (Å²) in [5, 5.41) is 10.1. The number of para-hydroxylation sites is 1. The van der Waals surface area contributed by atoms with Crippen LogP contribution >= 0.6 is 0 Å². The molecule has 0 saturated heterocycles. The largest absolute Gasteiger partial charge is 0.490 e. The molecule has 0 spiro atoms. The van der Waals surface area contributed by atoms with Crippen LogP contribution in [0.2, 0.25) is 0 Å². The monoisotopic (exact) mass is 236 g/mol. The van der Waals surface area contributed by atoms with Gasteiger partial charge in [0, 0.05) is 0 Å². The second-order valence-electron chi connectivity index (χ2n) is 4.33. The second kappa shape index (κ2) is 5.82. The van der Waals surface area contributed by atoms with E-state index in [9.17, 15) is 9.90 Å². The quantitative estimate of drug-likeness (QED) is 0.772. The maximum Gasteiger partial charge on any atom is 0.153 e. The fourth-order valence-electron chi connectivity index (χ4n) is 1.63. The van der Waals surface area contributed by atoms with E-state index in [1.165, 1.54) is 0 Å². The van der Waals surface area contributed by atoms with Crippen molar-refractivity contribution in [2.24, 2.45) is 0 Å². The number of carbonyl (C=O) groups excluding carboxylic acids is 1. The van der Waals surface area contributed by atoms with Crippen molar-refractivity contribution >= 4 is 6.29 Å². The van der Waals surface area contributed by atoms with Crippen molar-refractivity contribution in [3.8, 4) is 5.75 Å². The molecule has 94 valence electrons. The molecule has 1 aromatic carbocycles. The van der Waals surface area contributed by atoms with Gasteiger partial charge in [-0.25, -0.2) is 0 Å². The van der Waals surface area contributed by atoms with Gasteiger partial charge in [0.1, 0.15) is 12.4 Å². The number of aryl methyl sites for hydroxylation is 1. The van der Waals surface area contributed by atoms with Crippen LogP contribution < -0.4 is 4.74 Å². The van der Waals surface area contributed by atoms with Gasteiger partial charge in [-0.15, -0.1) is 0 Å². The van der Waals surface area contributed by atoms with Crippen LogP contribution in [0.4, 0.5) is 0 Å². The molecule has 0 aromatic heterocycles. The van der Waals surface area contributed by atoms with Gasteiger partial charge < -0.3 is 9.84 Å². The summed E-state index contributed by atoms with van der Waals surface area (Å²) >= 11 is 0. The van der Waals surface area contributed by atoms with Crippen molar-refractivity contribution < 1.29 is 14.6 Å². The SMILES string of the molecule is CCC(O)(CC)COc1c(C)cccc1C=O. The van der Waals surface area contributed by atoms with E-state index in [4.69, 9.17) is 4.74 Å². The molecule has 1 N–H and O–H groups in total. The van der Waals surface area contributed by atoms with Gasteiger partial charge in [0.25, 0.3) is 0 Å². The fourth-order valence-corrected chi connectivity index (χ4v) is 1.63. The molecule has 1 aromatic rings. The molecule has 0 heterocycles. The summed E-state index contributed by atoms with van der Waals surface area (Å²) in [7, 11) is 0. The Kier molecular flexibility index (Phi) is 4.70. The molecular weight excluding hydrogens is 216 g/mol. The summed E-state index contributed by atoms with van der Waals surface area (Å²) < 4.78 is 5.62. The molecule has 0 aliphatic rings. The Morgan fingerprint density at radius 1 is 1.35 bits per heavy atom. The van der Waals surface area contributed by atoms with Crippen molar-refractivity contribution in [1.82, 2.24) is 0 Å². The highest BCUT2D eigenvalue weighted by Gasteiger charge is 2.23. The highest BCUT2D eigenvalue weighted by Crippen LogP contribution is 2.24. The van der Waals surface area contributed by atoms with Crippen LogP contribution in [0.3, 0.4) is 0 Å². The van der Waals surface area contributed by atoms with Gasteiger partial charge in [0.2, 0.25) is 0 Å². The minimum atomic E-state index is -0.817. The Labute approximate surface area is 102 Å². The van der Waals surface area contributed by atoms with Crippen molar-refractivity contribution in [3.63, 3.8) is 0 Å². The van der Waals surface area contributed by atoms with Crippen LogP contribution in [-0.2, 0) is 0 Å². The van der Waals surface area contributed by atoms with E-state index in [1.54, 1.807) is 6.07 Å². The first kappa shape index (κ1) is 13.7. The molecule has 0 bridgehead atoms. The molecule has 0 aliphatic heterocycles. The normalized spacial score (nSPS) is 11.3. The summed E-state index contributed by atoms with van der Waals surface area (Å²) in [5.41, 5.74) is 0.617. The fraction of sp³-hybridized carbons (Fsp3) is 0.500. The third-order valence-corrected chi connectivity index (χ3v) is 3.17. The van der Waals surface area contributed by atoms with E-state index in [-0.39, 0.29) is 6.61 Å². The summed E-state index contributed by atoms with van der Waals surface area (Å²) in [6.45, 7) is 5.95. The summed E-state index contributed by atoms with van der Waals surface area (Å²) in [6, 6.07) is 5.42. The highest BCUT2D eigenvalue weighted by atomic mass is 16.5. The van der Waals surface area contributed by atoms with Crippen molar-refractivity contribution in [1.29, 1.82) is 0 Å². The molecule has 3 nitrogen and oxygen atoms in total. The molecule has 0 radical (unpaired) electrons. The third kappa shape index (κ3) is 3.30. The number of rotatable bonds is 6. The third-order valence-electron chi connectivity index (χ3n) is 3.17. The molecule has 0 aliphatic carbocycles. The first-order valence-corrected chi connectivity index (χ1v) is 5.96. The molecule has 0 saturated carbocycles. The maximum absolute atomic E-state index is 10.9. The predicted molar refractivity (Wildman–Crippen MR) is 67.6 cm³/mol. The average Bonchev–Trinajstić information content (AvgIpc) is 2.36. The van der Waals surface area contributed by atoms with Gasteiger partial charge in [-0.05, 0) is 31.4 Å². The smallest absolute Gasteiger partial charge is 0.153 e. The lowest BCUT2D eigenvalue weighted by atomic mass is 9.99. The Hall–Kier alpha value is -1.35. The summed E-state index contributed by atoms with van der Waals surface area (Å²) in [6.07, 6.45) is 2.04. The number of ether oxygens (including phenoxy) is 1. The molecule has 0 fully saturated rings. The molecule has 17 heavy (non-hydrogen) atoms. The van der Waals surface area contributed by atoms with E-state index in [1.807, 2.05) is 32.9 Å². The van der Waals surface area contributed by atoms with Crippen LogP contribution in [0.15, 0.2) is 18.2 Å². The maximum atomic E-state index is 10.9. The molecule has 0 atom stereocenters. The minimum Gasteiger partial charge on any atom is -0.490 e. The van der Waals surface area contributed by atoms with Gasteiger partial charge in [-0.2, -0.15) is 0 Å². The number of hydrogen-bond acceptors (Lipinski definition) is 3. The van der Waals surface area contributed by atoms with Gasteiger partial charge in [-0.3, -0.25) is 4.79 Å². The topological polar surface area (TPSA) is 46.5 Å². The average molecular weight is 236 g/mol. The number of carbonyl (C=O) groups is 1. The zero-order valence-corrected chi connectivity index (χ0v) is 10.7. The summed E-state index contributed by atoms with van der Waals surface area (Å²) in [4.78, 5) is 10.9. The van der Waals surface area contributed by atoms with Crippen LogP contribution in [0.25, 0.3) is 0 Å². The number of benzene rings is 1. The molecular formula is C14H20O3. The van der Waals surface area contributed by atoms with E-state index < -0.39 is 5.60 Å². The Balaban J connectivity index is 2.85. The highest BCUT2D eigenvalue weighted by molar-refractivity contribution is 5.80. The molecule has 3 heteroatoms. The second-order valence-corrected chi connectivity index (χ2v) is 4.33. The lowest BCUT2D eigenvalue weighted by molar-refractivity contribution is -0.0116. The summed E-state index contributed by atoms with van der Waals surface area (Å²) in [5.74, 6) is 0.572. The van der Waals surface area contributed by atoms with E-state index >= 15 is 0 Å². The Morgan fingerprint density at radius 3 is 2.53 bits per heavy atom. The zero-order chi connectivity index (χ0) is 12.9. The Morgan fingerprint density at radius 2 is 2.00 bits per heavy atom. The number of aliphatic hydroxyl groups is 1. The van der Waals surface area contributed by atoms with Crippen molar-refractivity contribution in [3.05, 3.63) is 29.3 Å². The van der Waals surface area contributed by atoms with E-state index in [2.05, 4.69) is 0 Å². The predicted octanol–water partition coefficient (Wildman–Crippen LogP) is 2.74. The van der Waals surface area contributed by atoms with Crippen LogP contribution in [0.5, 0.6) is 5.75 Å². The molecule has 1 rings (SSSR count). The van der Waals surface area contributed by atoms with Gasteiger partial charge in [-0.1, -0.05) is 26.0 Å². The number of aldehydes is 1. The minimum absolute atomic E-state index is 0.214. The van der Waals surface area contributed by atoms with Crippen molar-refractivity contribution in [2.75, 3.05) is 6.61 Å². The molecule has 0 amide bonds. The van der Waals surface area contributed by atoms with Crippen molar-refractivity contribution in [2.45, 2.75) is 39.2 Å². The first-order chi connectivity index (χ1) is 8.06. The zero-order valence-electron chi connectivity index (χ0n) is 10.7. The van der Waals surface area contributed by atoms with Crippen LogP contribution in [-0.4, -0.2) is 23.6 Å². The molecule has 0 unspecified atom stereocenters. The standard InChI is InChI=1S/C14H20O3/c1-4-14(16,5-2)10-17-13-11(3)7-6-8-12(13)9-15/h6-9,16H,4-5,10H2,1-3H3. The lowest BCUT2D eigenvalue weighted by Crippen LogP contribution is -2.34. The van der Waals surface area contributed by atoms with Gasteiger partial charge >= 0.3 is 0 Å². The van der Waals surface area contributed by atoms with Crippen LogP contribution in [0.1, 0.15) is 42.6 Å². The van der Waals surface area contributed by atoms with E-state index in [0.29, 0.717) is 24.2 Å².